The molecule has 2 saturated heterocycles. The molecule has 46 heavy (non-hydrogen) atoms. The van der Waals surface area contributed by atoms with E-state index in [0.29, 0.717) is 0 Å². The summed E-state index contributed by atoms with van der Waals surface area (Å²) in [5, 5.41) is 9.86. The second kappa shape index (κ2) is 11.0. The molecule has 0 amide bonds. The Bertz CT molecular complexity index is 1920. The number of hydrogen-bond acceptors (Lipinski definition) is 4. The molecule has 2 aliphatic rings. The van der Waals surface area contributed by atoms with Gasteiger partial charge in [-0.2, -0.15) is 0 Å². The van der Waals surface area contributed by atoms with Gasteiger partial charge < -0.3 is 18.6 Å². The van der Waals surface area contributed by atoms with E-state index in [1.54, 1.807) is 0 Å². The molecule has 4 nitrogen and oxygen atoms in total. The van der Waals surface area contributed by atoms with Crippen LogP contribution in [0.15, 0.2) is 109 Å². The summed E-state index contributed by atoms with van der Waals surface area (Å²) >= 11 is 0. The third-order valence-electron chi connectivity index (χ3n) is 10.6. The monoisotopic (exact) mass is 608 g/mol. The Labute approximate surface area is 273 Å². The van der Waals surface area contributed by atoms with Crippen LogP contribution in [0, 0.1) is 0 Å². The van der Waals surface area contributed by atoms with Gasteiger partial charge in [-0.15, -0.1) is 0 Å². The summed E-state index contributed by atoms with van der Waals surface area (Å²) < 4.78 is 25.1. The van der Waals surface area contributed by atoms with Crippen LogP contribution in [0.5, 0.6) is 0 Å². The van der Waals surface area contributed by atoms with Crippen LogP contribution in [0.1, 0.15) is 55.4 Å². The molecule has 232 valence electrons. The molecule has 2 aliphatic heterocycles. The first-order valence-corrected chi connectivity index (χ1v) is 16.3. The van der Waals surface area contributed by atoms with Crippen LogP contribution in [0.4, 0.5) is 0 Å². The standard InChI is InChI=1S/2C20H21BO2/c2*1-19(2)20(3,4)23-21(22-19)18-13-14-9-5-6-10-15(14)16-11-7-8-12-17(16)18/h2*5-13H,1-4H3. The lowest BCUT2D eigenvalue weighted by Gasteiger charge is -2.32. The molecule has 6 aromatic carbocycles. The third-order valence-corrected chi connectivity index (χ3v) is 10.6. The van der Waals surface area contributed by atoms with E-state index in [-0.39, 0.29) is 36.6 Å². The van der Waals surface area contributed by atoms with Crippen molar-refractivity contribution in [2.75, 3.05) is 0 Å². The number of fused-ring (bicyclic) bond motifs is 6. The van der Waals surface area contributed by atoms with Gasteiger partial charge in [0.2, 0.25) is 0 Å². The maximum Gasteiger partial charge on any atom is 0.495 e. The molecule has 0 spiro atoms. The zero-order valence-electron chi connectivity index (χ0n) is 28.2. The van der Waals surface area contributed by atoms with Crippen LogP contribution in [0.25, 0.3) is 43.1 Å². The van der Waals surface area contributed by atoms with E-state index in [1.807, 2.05) is 0 Å². The second-order valence-corrected chi connectivity index (χ2v) is 14.6. The van der Waals surface area contributed by atoms with Crippen molar-refractivity contribution in [2.45, 2.75) is 77.8 Å². The summed E-state index contributed by atoms with van der Waals surface area (Å²) in [6.07, 6.45) is 0. The Morgan fingerprint density at radius 2 is 0.609 bits per heavy atom. The molecule has 2 heterocycles. The average Bonchev–Trinajstić information content (AvgIpc) is 3.39. The molecule has 2 fully saturated rings. The largest absolute Gasteiger partial charge is 0.495 e. The highest BCUT2D eigenvalue weighted by molar-refractivity contribution is 6.66. The summed E-state index contributed by atoms with van der Waals surface area (Å²) in [6.45, 7) is 16.7. The van der Waals surface area contributed by atoms with Gasteiger partial charge in [-0.05, 0) is 109 Å². The van der Waals surface area contributed by atoms with Crippen molar-refractivity contribution in [2.24, 2.45) is 0 Å². The number of hydrogen-bond donors (Lipinski definition) is 0. The summed E-state index contributed by atoms with van der Waals surface area (Å²) in [5.41, 5.74) is 0.903. The van der Waals surface area contributed by atoms with Crippen molar-refractivity contribution < 1.29 is 18.6 Å². The van der Waals surface area contributed by atoms with Crippen molar-refractivity contribution >= 4 is 68.3 Å². The highest BCUT2D eigenvalue weighted by Crippen LogP contribution is 2.39. The van der Waals surface area contributed by atoms with Crippen LogP contribution in [-0.4, -0.2) is 36.6 Å². The number of rotatable bonds is 2. The predicted octanol–water partition coefficient (Wildman–Crippen LogP) is 8.58. The average molecular weight is 608 g/mol. The third kappa shape index (κ3) is 5.12. The molecule has 8 rings (SSSR count). The molecule has 0 aliphatic carbocycles. The van der Waals surface area contributed by atoms with E-state index in [1.165, 1.54) is 43.1 Å². The van der Waals surface area contributed by atoms with Gasteiger partial charge in [0.1, 0.15) is 0 Å². The van der Waals surface area contributed by atoms with Crippen LogP contribution in [0.2, 0.25) is 0 Å². The van der Waals surface area contributed by atoms with E-state index in [4.69, 9.17) is 18.6 Å². The fourth-order valence-corrected chi connectivity index (χ4v) is 6.50. The summed E-state index contributed by atoms with van der Waals surface area (Å²) in [5.74, 6) is 0. The van der Waals surface area contributed by atoms with Crippen molar-refractivity contribution in [3.63, 3.8) is 0 Å². The van der Waals surface area contributed by atoms with Crippen LogP contribution in [-0.2, 0) is 18.6 Å². The van der Waals surface area contributed by atoms with Crippen molar-refractivity contribution in [1.82, 2.24) is 0 Å². The van der Waals surface area contributed by atoms with Gasteiger partial charge in [0, 0.05) is 0 Å². The molecule has 6 aromatic rings. The van der Waals surface area contributed by atoms with Gasteiger partial charge in [-0.1, -0.05) is 109 Å². The topological polar surface area (TPSA) is 36.9 Å². The Morgan fingerprint density at radius 1 is 0.348 bits per heavy atom. The highest BCUT2D eigenvalue weighted by Gasteiger charge is 2.53. The fourth-order valence-electron chi connectivity index (χ4n) is 6.50. The first kappa shape index (κ1) is 31.0. The van der Waals surface area contributed by atoms with E-state index >= 15 is 0 Å². The Morgan fingerprint density at radius 3 is 0.935 bits per heavy atom. The molecule has 0 atom stereocenters. The van der Waals surface area contributed by atoms with Gasteiger partial charge in [0.25, 0.3) is 0 Å². The SMILES string of the molecule is CC1(C)OB(c2cc3ccccc3c3ccccc23)OC1(C)C.CC1(C)OB(c2cc3ccccc3c3ccccc23)OC1(C)C. The summed E-state index contributed by atoms with van der Waals surface area (Å²) in [4.78, 5) is 0. The highest BCUT2D eigenvalue weighted by atomic mass is 16.7. The van der Waals surface area contributed by atoms with Gasteiger partial charge in [0.15, 0.2) is 0 Å². The predicted molar refractivity (Wildman–Crippen MR) is 194 cm³/mol. The normalized spacial score (nSPS) is 19.6. The van der Waals surface area contributed by atoms with Crippen LogP contribution in [0.3, 0.4) is 0 Å². The Balaban J connectivity index is 0.000000147. The second-order valence-electron chi connectivity index (χ2n) is 14.6. The quantitative estimate of drug-likeness (QED) is 0.146. The molecule has 0 aromatic heterocycles. The first-order valence-electron chi connectivity index (χ1n) is 16.3. The van der Waals surface area contributed by atoms with Gasteiger partial charge in [-0.25, -0.2) is 0 Å². The molecule has 0 N–H and O–H groups in total. The Hall–Kier alpha value is -3.67. The summed E-state index contributed by atoms with van der Waals surface area (Å²) in [6, 6.07) is 38.4. The maximum absolute atomic E-state index is 6.28. The smallest absolute Gasteiger partial charge is 0.399 e. The van der Waals surface area contributed by atoms with Gasteiger partial charge in [-0.3, -0.25) is 0 Å². The lowest BCUT2D eigenvalue weighted by molar-refractivity contribution is 0.00578. The molecular formula is C40H42B2O4. The van der Waals surface area contributed by atoms with Crippen molar-refractivity contribution in [3.8, 4) is 0 Å². The van der Waals surface area contributed by atoms with E-state index < -0.39 is 0 Å². The zero-order valence-corrected chi connectivity index (χ0v) is 28.2. The van der Waals surface area contributed by atoms with Gasteiger partial charge in [0.05, 0.1) is 22.4 Å². The van der Waals surface area contributed by atoms with E-state index in [0.717, 1.165) is 10.9 Å². The van der Waals surface area contributed by atoms with E-state index in [2.05, 4.69) is 165 Å². The zero-order chi connectivity index (χ0) is 32.5. The molecule has 0 unspecified atom stereocenters. The van der Waals surface area contributed by atoms with E-state index in [9.17, 15) is 0 Å². The maximum atomic E-state index is 6.28. The fraction of sp³-hybridized carbons (Fsp3) is 0.300. The van der Waals surface area contributed by atoms with Crippen molar-refractivity contribution in [1.29, 1.82) is 0 Å². The molecular weight excluding hydrogens is 566 g/mol. The summed E-state index contributed by atoms with van der Waals surface area (Å²) in [7, 11) is -0.677. The molecule has 0 saturated carbocycles. The van der Waals surface area contributed by atoms with Crippen LogP contribution >= 0.6 is 0 Å². The molecule has 6 heteroatoms. The first-order chi connectivity index (χ1) is 21.8. The van der Waals surface area contributed by atoms with Gasteiger partial charge >= 0.3 is 14.2 Å². The lowest BCUT2D eigenvalue weighted by atomic mass is 9.75. The minimum atomic E-state index is -0.338. The minimum absolute atomic E-state index is 0.329. The molecule has 0 bridgehead atoms. The lowest BCUT2D eigenvalue weighted by Crippen LogP contribution is -2.41. The number of benzene rings is 6. The van der Waals surface area contributed by atoms with Crippen molar-refractivity contribution in [3.05, 3.63) is 109 Å². The minimum Gasteiger partial charge on any atom is -0.399 e. The van der Waals surface area contributed by atoms with Crippen LogP contribution < -0.4 is 10.9 Å². The Kier molecular flexibility index (Phi) is 7.37. The molecule has 0 radical (unpaired) electrons.